The van der Waals surface area contributed by atoms with Gasteiger partial charge in [0.05, 0.1) is 31.5 Å². The molecular formula is C21H25N3O4. The van der Waals surface area contributed by atoms with E-state index < -0.39 is 0 Å². The van der Waals surface area contributed by atoms with Gasteiger partial charge in [0.15, 0.2) is 0 Å². The van der Waals surface area contributed by atoms with Gasteiger partial charge in [-0.1, -0.05) is 0 Å². The molecule has 2 heterocycles. The quantitative estimate of drug-likeness (QED) is 0.643. The summed E-state index contributed by atoms with van der Waals surface area (Å²) in [6.07, 6.45) is 1.79. The number of hydrogen-bond acceptors (Lipinski definition) is 6. The van der Waals surface area contributed by atoms with Crippen molar-refractivity contribution in [3.63, 3.8) is 0 Å². The van der Waals surface area contributed by atoms with E-state index in [1.807, 2.05) is 62.3 Å². The first-order valence-electron chi connectivity index (χ1n) is 9.05. The zero-order valence-electron chi connectivity index (χ0n) is 16.6. The number of aromatic nitrogens is 1. The van der Waals surface area contributed by atoms with E-state index in [0.29, 0.717) is 23.9 Å². The Morgan fingerprint density at radius 2 is 2.00 bits per heavy atom. The summed E-state index contributed by atoms with van der Waals surface area (Å²) < 4.78 is 16.4. The van der Waals surface area contributed by atoms with E-state index in [1.54, 1.807) is 13.4 Å². The van der Waals surface area contributed by atoms with Crippen LogP contribution in [0.1, 0.15) is 23.3 Å². The fourth-order valence-electron chi connectivity index (χ4n) is 2.89. The monoisotopic (exact) mass is 383 g/mol. The molecule has 0 fully saturated rings. The molecule has 0 aliphatic heterocycles. The Labute approximate surface area is 164 Å². The predicted octanol–water partition coefficient (Wildman–Crippen LogP) is 3.21. The molecule has 7 heteroatoms. The number of aryl methyl sites for hydroxylation is 1. The Morgan fingerprint density at radius 1 is 1.25 bits per heavy atom. The summed E-state index contributed by atoms with van der Waals surface area (Å²) in [6, 6.07) is 11.1. The van der Waals surface area contributed by atoms with Crippen molar-refractivity contribution >= 4 is 5.91 Å². The summed E-state index contributed by atoms with van der Waals surface area (Å²) in [5, 5.41) is 2.95. The summed E-state index contributed by atoms with van der Waals surface area (Å²) in [5.74, 6) is 2.58. The summed E-state index contributed by atoms with van der Waals surface area (Å²) in [6.45, 7) is 2.26. The van der Waals surface area contributed by atoms with Crippen molar-refractivity contribution in [1.29, 1.82) is 0 Å². The molecule has 28 heavy (non-hydrogen) atoms. The van der Waals surface area contributed by atoms with Gasteiger partial charge in [-0.2, -0.15) is 0 Å². The summed E-state index contributed by atoms with van der Waals surface area (Å²) in [7, 11) is 5.51. The second-order valence-electron chi connectivity index (χ2n) is 6.73. The van der Waals surface area contributed by atoms with E-state index in [-0.39, 0.29) is 18.4 Å². The predicted molar refractivity (Wildman–Crippen MR) is 105 cm³/mol. The zero-order chi connectivity index (χ0) is 20.1. The Bertz CT molecular complexity index is 898. The number of benzene rings is 1. The molecule has 0 aliphatic rings. The molecule has 3 rings (SSSR count). The van der Waals surface area contributed by atoms with Crippen LogP contribution in [0.2, 0.25) is 0 Å². The SMILES string of the molecule is COc1ccc(-c2nc(CC(=O)NCC(c3ccco3)N(C)C)c(C)o2)cc1. The second kappa shape index (κ2) is 8.75. The molecule has 0 saturated carbocycles. The molecule has 0 spiro atoms. The second-order valence-corrected chi connectivity index (χ2v) is 6.73. The number of ether oxygens (including phenoxy) is 1. The number of carbonyl (C=O) groups is 1. The van der Waals surface area contributed by atoms with Gasteiger partial charge in [0.25, 0.3) is 0 Å². The highest BCUT2D eigenvalue weighted by molar-refractivity contribution is 5.78. The molecule has 0 aliphatic carbocycles. The minimum absolute atomic E-state index is 0.0350. The first-order valence-corrected chi connectivity index (χ1v) is 9.05. The van der Waals surface area contributed by atoms with Crippen molar-refractivity contribution in [3.8, 4) is 17.2 Å². The third kappa shape index (κ3) is 4.61. The molecule has 0 radical (unpaired) electrons. The minimum Gasteiger partial charge on any atom is -0.497 e. The van der Waals surface area contributed by atoms with Gasteiger partial charge >= 0.3 is 0 Å². The summed E-state index contributed by atoms with van der Waals surface area (Å²) >= 11 is 0. The van der Waals surface area contributed by atoms with Crippen LogP contribution in [0.4, 0.5) is 0 Å². The Kier molecular flexibility index (Phi) is 6.16. The van der Waals surface area contributed by atoms with Crippen LogP contribution in [-0.4, -0.2) is 43.5 Å². The molecule has 1 aromatic carbocycles. The number of likely N-dealkylation sites (N-methyl/N-ethyl adjacent to an activating group) is 1. The normalized spacial score (nSPS) is 12.2. The van der Waals surface area contributed by atoms with Crippen LogP contribution >= 0.6 is 0 Å². The number of methoxy groups -OCH3 is 1. The van der Waals surface area contributed by atoms with Crippen LogP contribution in [0.3, 0.4) is 0 Å². The van der Waals surface area contributed by atoms with E-state index in [1.165, 1.54) is 0 Å². The molecular weight excluding hydrogens is 358 g/mol. The lowest BCUT2D eigenvalue weighted by Crippen LogP contribution is -2.35. The highest BCUT2D eigenvalue weighted by Gasteiger charge is 2.19. The van der Waals surface area contributed by atoms with E-state index in [4.69, 9.17) is 13.6 Å². The number of oxazole rings is 1. The van der Waals surface area contributed by atoms with Crippen LogP contribution in [0.5, 0.6) is 5.75 Å². The molecule has 7 nitrogen and oxygen atoms in total. The Balaban J connectivity index is 1.63. The average Bonchev–Trinajstić information content (AvgIpc) is 3.32. The number of furan rings is 1. The topological polar surface area (TPSA) is 80.7 Å². The Hall–Kier alpha value is -3.06. The van der Waals surface area contributed by atoms with Crippen LogP contribution < -0.4 is 10.1 Å². The fraction of sp³-hybridized carbons (Fsp3) is 0.333. The lowest BCUT2D eigenvalue weighted by molar-refractivity contribution is -0.120. The van der Waals surface area contributed by atoms with Gasteiger partial charge in [0.2, 0.25) is 11.8 Å². The molecule has 2 aromatic heterocycles. The third-order valence-corrected chi connectivity index (χ3v) is 4.55. The summed E-state index contributed by atoms with van der Waals surface area (Å²) in [5.41, 5.74) is 1.46. The van der Waals surface area contributed by atoms with E-state index in [2.05, 4.69) is 10.3 Å². The van der Waals surface area contributed by atoms with Crippen LogP contribution in [-0.2, 0) is 11.2 Å². The van der Waals surface area contributed by atoms with E-state index in [9.17, 15) is 4.79 Å². The van der Waals surface area contributed by atoms with Gasteiger partial charge in [-0.3, -0.25) is 9.69 Å². The minimum atomic E-state index is -0.115. The standard InChI is InChI=1S/C21H25N3O4/c1-14-17(23-21(28-14)15-7-9-16(26-4)10-8-15)12-20(25)22-13-18(24(2)3)19-6-5-11-27-19/h5-11,18H,12-13H2,1-4H3,(H,22,25). The maximum Gasteiger partial charge on any atom is 0.226 e. The molecule has 1 atom stereocenters. The van der Waals surface area contributed by atoms with Gasteiger partial charge in [-0.05, 0) is 57.4 Å². The van der Waals surface area contributed by atoms with Crippen LogP contribution in [0.15, 0.2) is 51.5 Å². The Morgan fingerprint density at radius 3 is 2.61 bits per heavy atom. The smallest absolute Gasteiger partial charge is 0.226 e. The van der Waals surface area contributed by atoms with Crippen molar-refractivity contribution in [2.45, 2.75) is 19.4 Å². The van der Waals surface area contributed by atoms with Gasteiger partial charge in [0.1, 0.15) is 17.3 Å². The van der Waals surface area contributed by atoms with Gasteiger partial charge in [0, 0.05) is 12.1 Å². The zero-order valence-corrected chi connectivity index (χ0v) is 16.6. The molecule has 0 saturated heterocycles. The molecule has 148 valence electrons. The lowest BCUT2D eigenvalue weighted by atomic mass is 10.2. The van der Waals surface area contributed by atoms with Crippen molar-refractivity contribution in [1.82, 2.24) is 15.2 Å². The molecule has 1 N–H and O–H groups in total. The highest BCUT2D eigenvalue weighted by atomic mass is 16.5. The maximum atomic E-state index is 12.4. The molecule has 1 amide bonds. The molecule has 3 aromatic rings. The van der Waals surface area contributed by atoms with Crippen molar-refractivity contribution in [2.24, 2.45) is 0 Å². The lowest BCUT2D eigenvalue weighted by Gasteiger charge is -2.22. The average molecular weight is 383 g/mol. The first kappa shape index (κ1) is 19.7. The fourth-order valence-corrected chi connectivity index (χ4v) is 2.89. The number of carbonyl (C=O) groups excluding carboxylic acids is 1. The molecule has 0 bridgehead atoms. The maximum absolute atomic E-state index is 12.4. The number of nitrogens with zero attached hydrogens (tertiary/aromatic N) is 2. The van der Waals surface area contributed by atoms with E-state index in [0.717, 1.165) is 17.1 Å². The third-order valence-electron chi connectivity index (χ3n) is 4.55. The first-order chi connectivity index (χ1) is 13.5. The number of nitrogens with one attached hydrogen (secondary N) is 1. The number of hydrogen-bond donors (Lipinski definition) is 1. The highest BCUT2D eigenvalue weighted by Crippen LogP contribution is 2.24. The van der Waals surface area contributed by atoms with Crippen molar-refractivity contribution in [2.75, 3.05) is 27.7 Å². The number of amides is 1. The molecule has 1 unspecified atom stereocenters. The van der Waals surface area contributed by atoms with Crippen LogP contribution in [0.25, 0.3) is 11.5 Å². The van der Waals surface area contributed by atoms with Crippen LogP contribution in [0, 0.1) is 6.92 Å². The van der Waals surface area contributed by atoms with Gasteiger partial charge in [-0.25, -0.2) is 4.98 Å². The summed E-state index contributed by atoms with van der Waals surface area (Å²) in [4.78, 5) is 18.9. The van der Waals surface area contributed by atoms with E-state index >= 15 is 0 Å². The van der Waals surface area contributed by atoms with Gasteiger partial charge < -0.3 is 18.9 Å². The number of rotatable bonds is 8. The van der Waals surface area contributed by atoms with Crippen molar-refractivity contribution < 1.29 is 18.4 Å². The largest absolute Gasteiger partial charge is 0.497 e. The van der Waals surface area contributed by atoms with Crippen molar-refractivity contribution in [3.05, 3.63) is 59.9 Å². The van der Waals surface area contributed by atoms with Gasteiger partial charge in [-0.15, -0.1) is 0 Å².